The monoisotopic (exact) mass is 270 g/mol. The summed E-state index contributed by atoms with van der Waals surface area (Å²) < 4.78 is 0. The van der Waals surface area contributed by atoms with Crippen LogP contribution in [0.25, 0.3) is 0 Å². The molecule has 0 radical (unpaired) electrons. The van der Waals surface area contributed by atoms with Gasteiger partial charge in [0.1, 0.15) is 0 Å². The van der Waals surface area contributed by atoms with Crippen molar-refractivity contribution in [2.45, 2.75) is 44.1 Å². The summed E-state index contributed by atoms with van der Waals surface area (Å²) in [6.45, 7) is 5.19. The minimum Gasteiger partial charge on any atom is -0.314 e. The maximum absolute atomic E-state index is 3.60. The zero-order valence-electron chi connectivity index (χ0n) is 12.4. The van der Waals surface area contributed by atoms with Crippen molar-refractivity contribution in [3.05, 3.63) is 35.4 Å². The Kier molecular flexibility index (Phi) is 3.53. The molecule has 4 aliphatic rings. The van der Waals surface area contributed by atoms with Crippen LogP contribution in [-0.4, -0.2) is 37.1 Å². The summed E-state index contributed by atoms with van der Waals surface area (Å²) in [4.78, 5) is 2.65. The Balaban J connectivity index is 1.44. The van der Waals surface area contributed by atoms with Gasteiger partial charge in [-0.3, -0.25) is 0 Å². The van der Waals surface area contributed by atoms with Crippen molar-refractivity contribution in [1.29, 1.82) is 0 Å². The van der Waals surface area contributed by atoms with Gasteiger partial charge < -0.3 is 10.2 Å². The summed E-state index contributed by atoms with van der Waals surface area (Å²) in [5.41, 5.74) is 3.09. The van der Waals surface area contributed by atoms with Gasteiger partial charge in [0.15, 0.2) is 0 Å². The van der Waals surface area contributed by atoms with Gasteiger partial charge >= 0.3 is 0 Å². The lowest BCUT2D eigenvalue weighted by atomic mass is 9.75. The van der Waals surface area contributed by atoms with Crippen LogP contribution in [-0.2, 0) is 6.42 Å². The number of rotatable bonds is 3. The van der Waals surface area contributed by atoms with Crippen LogP contribution in [0.3, 0.4) is 0 Å². The topological polar surface area (TPSA) is 15.3 Å². The molecular formula is C18H26N2. The zero-order valence-corrected chi connectivity index (χ0v) is 12.4. The number of nitrogens with zero attached hydrogens (tertiary/aromatic N) is 1. The van der Waals surface area contributed by atoms with Crippen LogP contribution in [0.4, 0.5) is 0 Å². The first-order valence-corrected chi connectivity index (χ1v) is 8.43. The molecule has 2 nitrogen and oxygen atoms in total. The van der Waals surface area contributed by atoms with E-state index in [1.807, 2.05) is 0 Å². The van der Waals surface area contributed by atoms with Crippen LogP contribution < -0.4 is 5.32 Å². The molecule has 1 N–H and O–H groups in total. The minimum absolute atomic E-state index is 0.720. The number of benzene rings is 1. The fourth-order valence-electron chi connectivity index (χ4n) is 4.46. The maximum atomic E-state index is 3.60. The molecule has 20 heavy (non-hydrogen) atoms. The molecule has 2 bridgehead atoms. The highest BCUT2D eigenvalue weighted by Gasteiger charge is 2.34. The van der Waals surface area contributed by atoms with E-state index < -0.39 is 0 Å². The van der Waals surface area contributed by atoms with Crippen LogP contribution in [0.15, 0.2) is 24.3 Å². The van der Waals surface area contributed by atoms with Gasteiger partial charge in [-0.15, -0.1) is 0 Å². The Morgan fingerprint density at radius 3 is 2.45 bits per heavy atom. The third kappa shape index (κ3) is 2.51. The van der Waals surface area contributed by atoms with E-state index in [1.54, 1.807) is 5.56 Å². The number of fused-ring (bicyclic) bond motifs is 3. The average molecular weight is 270 g/mol. The second-order valence-electron chi connectivity index (χ2n) is 6.98. The first kappa shape index (κ1) is 12.8. The molecule has 2 heteroatoms. The largest absolute Gasteiger partial charge is 0.314 e. The fourth-order valence-corrected chi connectivity index (χ4v) is 4.46. The molecule has 0 saturated carbocycles. The third-order valence-electron chi connectivity index (χ3n) is 5.71. The molecule has 0 aromatic heterocycles. The van der Waals surface area contributed by atoms with E-state index in [1.165, 1.54) is 63.8 Å². The fraction of sp³-hybridized carbons (Fsp3) is 0.667. The van der Waals surface area contributed by atoms with Crippen LogP contribution >= 0.6 is 0 Å². The average Bonchev–Trinajstić information content (AvgIpc) is 3.02. The lowest BCUT2D eigenvalue weighted by Gasteiger charge is -2.45. The lowest BCUT2D eigenvalue weighted by Crippen LogP contribution is -2.46. The lowest BCUT2D eigenvalue weighted by molar-refractivity contribution is 0.0871. The minimum atomic E-state index is 0.720. The molecule has 0 spiro atoms. The second-order valence-corrected chi connectivity index (χ2v) is 6.98. The highest BCUT2D eigenvalue weighted by molar-refractivity contribution is 5.28. The Hall–Kier alpha value is -0.860. The van der Waals surface area contributed by atoms with Gasteiger partial charge in [-0.1, -0.05) is 24.3 Å². The van der Waals surface area contributed by atoms with Crippen LogP contribution in [0.5, 0.6) is 0 Å². The summed E-state index contributed by atoms with van der Waals surface area (Å²) in [5, 5.41) is 3.60. The van der Waals surface area contributed by atoms with Crippen LogP contribution in [0.1, 0.15) is 42.7 Å². The smallest absolute Gasteiger partial charge is 0.0108 e. The predicted octanol–water partition coefficient (Wildman–Crippen LogP) is 2.79. The van der Waals surface area contributed by atoms with Crippen molar-refractivity contribution < 1.29 is 0 Å². The molecule has 0 aliphatic carbocycles. The van der Waals surface area contributed by atoms with Gasteiger partial charge in [-0.25, -0.2) is 0 Å². The molecule has 108 valence electrons. The van der Waals surface area contributed by atoms with E-state index in [0.29, 0.717) is 0 Å². The molecule has 4 saturated heterocycles. The van der Waals surface area contributed by atoms with Crippen molar-refractivity contribution in [1.82, 2.24) is 10.2 Å². The first-order chi connectivity index (χ1) is 9.88. The van der Waals surface area contributed by atoms with Gasteiger partial charge in [0.25, 0.3) is 0 Å². The Morgan fingerprint density at radius 1 is 1.05 bits per heavy atom. The molecule has 0 amide bonds. The van der Waals surface area contributed by atoms with Gasteiger partial charge in [0.05, 0.1) is 0 Å². The quantitative estimate of drug-likeness (QED) is 0.908. The highest BCUT2D eigenvalue weighted by atomic mass is 15.1. The molecule has 2 atom stereocenters. The summed E-state index contributed by atoms with van der Waals surface area (Å²) in [6.07, 6.45) is 6.74. The number of piperidine rings is 3. The Bertz CT molecular complexity index is 439. The van der Waals surface area contributed by atoms with Gasteiger partial charge in [0.2, 0.25) is 0 Å². The summed E-state index contributed by atoms with van der Waals surface area (Å²) in [5.74, 6) is 1.75. The molecule has 4 aliphatic heterocycles. The van der Waals surface area contributed by atoms with E-state index in [-0.39, 0.29) is 0 Å². The predicted molar refractivity (Wildman–Crippen MR) is 83.1 cm³/mol. The number of hydrogen-bond acceptors (Lipinski definition) is 2. The molecule has 4 fully saturated rings. The molecule has 1 aromatic rings. The third-order valence-corrected chi connectivity index (χ3v) is 5.71. The summed E-state index contributed by atoms with van der Waals surface area (Å²) in [7, 11) is 0. The maximum Gasteiger partial charge on any atom is 0.0108 e. The van der Waals surface area contributed by atoms with Crippen LogP contribution in [0.2, 0.25) is 0 Å². The van der Waals surface area contributed by atoms with E-state index in [2.05, 4.69) is 34.5 Å². The van der Waals surface area contributed by atoms with Gasteiger partial charge in [0, 0.05) is 12.6 Å². The van der Waals surface area contributed by atoms with E-state index in [4.69, 9.17) is 0 Å². The van der Waals surface area contributed by atoms with E-state index in [0.717, 1.165) is 17.9 Å². The first-order valence-electron chi connectivity index (χ1n) is 8.43. The SMILES string of the molecule is c1cc(C2CN3CCC2CC3)ccc1CC1CCCN1. The van der Waals surface area contributed by atoms with Crippen molar-refractivity contribution in [3.63, 3.8) is 0 Å². The summed E-state index contributed by atoms with van der Waals surface area (Å²) in [6, 6.07) is 10.3. The van der Waals surface area contributed by atoms with Gasteiger partial charge in [-0.05, 0) is 74.7 Å². The number of hydrogen-bond donors (Lipinski definition) is 1. The van der Waals surface area contributed by atoms with Gasteiger partial charge in [-0.2, -0.15) is 0 Å². The molecule has 5 rings (SSSR count). The van der Waals surface area contributed by atoms with Crippen molar-refractivity contribution in [2.75, 3.05) is 26.2 Å². The second kappa shape index (κ2) is 5.50. The molecule has 4 heterocycles. The number of nitrogens with one attached hydrogen (secondary N) is 1. The Labute approximate surface area is 122 Å². The highest BCUT2D eigenvalue weighted by Crippen LogP contribution is 2.38. The molecule has 2 unspecified atom stereocenters. The van der Waals surface area contributed by atoms with Crippen LogP contribution in [0, 0.1) is 5.92 Å². The molecular weight excluding hydrogens is 244 g/mol. The van der Waals surface area contributed by atoms with Crippen molar-refractivity contribution in [3.8, 4) is 0 Å². The van der Waals surface area contributed by atoms with Crippen molar-refractivity contribution >= 4 is 0 Å². The van der Waals surface area contributed by atoms with Crippen molar-refractivity contribution in [2.24, 2.45) is 5.92 Å². The summed E-state index contributed by atoms with van der Waals surface area (Å²) >= 11 is 0. The standard InChI is InChI=1S/C18H26N2/c1-2-17(19-9-1)12-14-3-5-15(6-4-14)18-13-20-10-7-16(18)8-11-20/h3-6,16-19H,1-2,7-13H2. The van der Waals surface area contributed by atoms with E-state index in [9.17, 15) is 0 Å². The zero-order chi connectivity index (χ0) is 13.4. The normalized spacial score (nSPS) is 36.4. The van der Waals surface area contributed by atoms with E-state index >= 15 is 0 Å². The Morgan fingerprint density at radius 2 is 1.85 bits per heavy atom. The molecule has 1 aromatic carbocycles.